The summed E-state index contributed by atoms with van der Waals surface area (Å²) in [5.41, 5.74) is -0.121. The summed E-state index contributed by atoms with van der Waals surface area (Å²) in [6, 6.07) is 7.37. The third kappa shape index (κ3) is 2.50. The Morgan fingerprint density at radius 2 is 2.05 bits per heavy atom. The van der Waals surface area contributed by atoms with E-state index in [0.29, 0.717) is 23.8 Å². The number of carbonyl (C=O) groups is 1. The first kappa shape index (κ1) is 15.5. The summed E-state index contributed by atoms with van der Waals surface area (Å²) in [4.78, 5) is 12.6. The predicted molar refractivity (Wildman–Crippen MR) is 80.8 cm³/mol. The van der Waals surface area contributed by atoms with E-state index in [1.54, 1.807) is 13.1 Å². The molecular formula is C16H22ClNO2. The van der Waals surface area contributed by atoms with E-state index >= 15 is 0 Å². The second-order valence-corrected chi connectivity index (χ2v) is 6.37. The van der Waals surface area contributed by atoms with Gasteiger partial charge in [-0.3, -0.25) is 4.79 Å². The van der Waals surface area contributed by atoms with Gasteiger partial charge >= 0.3 is 0 Å². The van der Waals surface area contributed by atoms with E-state index in [-0.39, 0.29) is 11.7 Å². The van der Waals surface area contributed by atoms with Gasteiger partial charge in [0.25, 0.3) is 0 Å². The summed E-state index contributed by atoms with van der Waals surface area (Å²) in [6.07, 6.45) is 0.269. The quantitative estimate of drug-likeness (QED) is 0.901. The molecule has 3 nitrogen and oxygen atoms in total. The maximum Gasteiger partial charge on any atom is 0.185 e. The standard InChI is InChI=1S/C16H22ClNO2/c1-10(2)11-8-14(19)15(20)16(9-11,18-3)12-6-4-5-7-13(12)17/h4-7,10-11,14,18-19H,8-9H2,1-3H3/t11-,14-,16-/m0/s1. The van der Waals surface area contributed by atoms with Crippen LogP contribution in [0.4, 0.5) is 0 Å². The number of Topliss-reactive ketones (excluding diaryl/α,β-unsaturated/α-hetero) is 1. The van der Waals surface area contributed by atoms with Crippen molar-refractivity contribution in [2.45, 2.75) is 38.3 Å². The van der Waals surface area contributed by atoms with Crippen LogP contribution in [0.5, 0.6) is 0 Å². The smallest absolute Gasteiger partial charge is 0.185 e. The minimum atomic E-state index is -0.931. The Morgan fingerprint density at radius 1 is 1.40 bits per heavy atom. The van der Waals surface area contributed by atoms with E-state index in [4.69, 9.17) is 11.6 Å². The number of ketones is 1. The van der Waals surface area contributed by atoms with Crippen LogP contribution < -0.4 is 5.32 Å². The van der Waals surface area contributed by atoms with Gasteiger partial charge in [-0.25, -0.2) is 0 Å². The molecule has 0 saturated heterocycles. The van der Waals surface area contributed by atoms with Crippen LogP contribution in [-0.2, 0) is 10.3 Å². The van der Waals surface area contributed by atoms with Gasteiger partial charge in [-0.15, -0.1) is 0 Å². The highest BCUT2D eigenvalue weighted by Gasteiger charge is 2.49. The van der Waals surface area contributed by atoms with E-state index in [0.717, 1.165) is 5.56 Å². The molecule has 1 fully saturated rings. The molecule has 4 heteroatoms. The molecule has 0 aliphatic heterocycles. The lowest BCUT2D eigenvalue weighted by Gasteiger charge is -2.43. The molecule has 1 aliphatic rings. The number of halogens is 1. The third-order valence-corrected chi connectivity index (χ3v) is 4.85. The fraction of sp³-hybridized carbons (Fsp3) is 0.562. The highest BCUT2D eigenvalue weighted by atomic mass is 35.5. The van der Waals surface area contributed by atoms with Gasteiger partial charge < -0.3 is 10.4 Å². The molecule has 20 heavy (non-hydrogen) atoms. The second-order valence-electron chi connectivity index (χ2n) is 5.96. The van der Waals surface area contributed by atoms with Crippen molar-refractivity contribution in [3.8, 4) is 0 Å². The molecule has 1 aromatic rings. The summed E-state index contributed by atoms with van der Waals surface area (Å²) in [5, 5.41) is 13.9. The Bertz CT molecular complexity index is 503. The zero-order valence-corrected chi connectivity index (χ0v) is 12.9. The number of likely N-dealkylation sites (N-methyl/N-ethyl adjacent to an activating group) is 1. The molecular weight excluding hydrogens is 274 g/mol. The number of benzene rings is 1. The van der Waals surface area contributed by atoms with Crippen LogP contribution in [-0.4, -0.2) is 24.0 Å². The zero-order valence-electron chi connectivity index (χ0n) is 12.2. The number of hydrogen-bond acceptors (Lipinski definition) is 3. The van der Waals surface area contributed by atoms with Crippen molar-refractivity contribution in [3.63, 3.8) is 0 Å². The lowest BCUT2D eigenvalue weighted by molar-refractivity contribution is -0.140. The number of aliphatic hydroxyl groups is 1. The van der Waals surface area contributed by atoms with Gasteiger partial charge in [0.05, 0.1) is 0 Å². The van der Waals surface area contributed by atoms with Crippen LogP contribution in [0.3, 0.4) is 0 Å². The maximum absolute atomic E-state index is 12.6. The summed E-state index contributed by atoms with van der Waals surface area (Å²) < 4.78 is 0. The first-order chi connectivity index (χ1) is 9.42. The normalized spacial score (nSPS) is 30.8. The van der Waals surface area contributed by atoms with Crippen molar-refractivity contribution in [3.05, 3.63) is 34.9 Å². The van der Waals surface area contributed by atoms with Gasteiger partial charge in [-0.1, -0.05) is 43.6 Å². The van der Waals surface area contributed by atoms with E-state index in [9.17, 15) is 9.90 Å². The molecule has 1 saturated carbocycles. The highest BCUT2D eigenvalue weighted by Crippen LogP contribution is 2.42. The number of carbonyl (C=O) groups excluding carboxylic acids is 1. The van der Waals surface area contributed by atoms with Gasteiger partial charge in [-0.2, -0.15) is 0 Å². The minimum absolute atomic E-state index is 0.176. The number of hydrogen-bond donors (Lipinski definition) is 2. The van der Waals surface area contributed by atoms with Gasteiger partial charge in [-0.05, 0) is 43.4 Å². The number of nitrogens with one attached hydrogen (secondary N) is 1. The second kappa shape index (κ2) is 5.84. The van der Waals surface area contributed by atoms with Gasteiger partial charge in [0.15, 0.2) is 5.78 Å². The number of rotatable bonds is 3. The monoisotopic (exact) mass is 295 g/mol. The summed E-state index contributed by atoms with van der Waals surface area (Å²) in [7, 11) is 1.76. The Morgan fingerprint density at radius 3 is 2.60 bits per heavy atom. The molecule has 0 heterocycles. The molecule has 0 bridgehead atoms. The van der Waals surface area contributed by atoms with Crippen molar-refractivity contribution >= 4 is 17.4 Å². The lowest BCUT2D eigenvalue weighted by Crippen LogP contribution is -2.57. The van der Waals surface area contributed by atoms with Crippen LogP contribution in [0.1, 0.15) is 32.3 Å². The SMILES string of the molecule is CN[C@]1(c2ccccc2Cl)C[C@@H](C(C)C)C[C@H](O)C1=O. The van der Waals surface area contributed by atoms with Crippen molar-refractivity contribution in [2.24, 2.45) is 11.8 Å². The first-order valence-electron chi connectivity index (χ1n) is 7.08. The third-order valence-electron chi connectivity index (χ3n) is 4.52. The average Bonchev–Trinajstić information content (AvgIpc) is 2.42. The Kier molecular flexibility index (Phi) is 4.52. The molecule has 2 rings (SSSR count). The molecule has 1 aromatic carbocycles. The van der Waals surface area contributed by atoms with Crippen LogP contribution in [0.25, 0.3) is 0 Å². The molecule has 110 valence electrons. The number of aliphatic hydroxyl groups excluding tert-OH is 1. The summed E-state index contributed by atoms with van der Waals surface area (Å²) in [6.45, 7) is 4.25. The molecule has 3 atom stereocenters. The van der Waals surface area contributed by atoms with Crippen LogP contribution in [0.15, 0.2) is 24.3 Å². The first-order valence-corrected chi connectivity index (χ1v) is 7.46. The fourth-order valence-corrected chi connectivity index (χ4v) is 3.47. The molecule has 0 spiro atoms. The highest BCUT2D eigenvalue weighted by molar-refractivity contribution is 6.31. The Balaban J connectivity index is 2.51. The molecule has 2 N–H and O–H groups in total. The van der Waals surface area contributed by atoms with Crippen molar-refractivity contribution in [2.75, 3.05) is 7.05 Å². The largest absolute Gasteiger partial charge is 0.385 e. The average molecular weight is 296 g/mol. The molecule has 0 amide bonds. The van der Waals surface area contributed by atoms with Crippen molar-refractivity contribution < 1.29 is 9.90 Å². The minimum Gasteiger partial charge on any atom is -0.385 e. The Hall–Kier alpha value is -0.900. The molecule has 0 aromatic heterocycles. The molecule has 0 unspecified atom stereocenters. The lowest BCUT2D eigenvalue weighted by atomic mass is 9.67. The van der Waals surface area contributed by atoms with Crippen LogP contribution in [0.2, 0.25) is 5.02 Å². The van der Waals surface area contributed by atoms with Crippen molar-refractivity contribution in [1.82, 2.24) is 5.32 Å². The Labute approximate surface area is 125 Å². The topological polar surface area (TPSA) is 49.3 Å². The zero-order chi connectivity index (χ0) is 14.9. The van der Waals surface area contributed by atoms with E-state index in [2.05, 4.69) is 19.2 Å². The summed E-state index contributed by atoms with van der Waals surface area (Å²) >= 11 is 6.29. The van der Waals surface area contributed by atoms with Gasteiger partial charge in [0.2, 0.25) is 0 Å². The molecule has 1 aliphatic carbocycles. The van der Waals surface area contributed by atoms with E-state index < -0.39 is 11.6 Å². The van der Waals surface area contributed by atoms with E-state index in [1.807, 2.05) is 18.2 Å². The van der Waals surface area contributed by atoms with Crippen LogP contribution >= 0.6 is 11.6 Å². The van der Waals surface area contributed by atoms with E-state index in [1.165, 1.54) is 0 Å². The fourth-order valence-electron chi connectivity index (χ4n) is 3.17. The maximum atomic E-state index is 12.6. The van der Waals surface area contributed by atoms with Crippen LogP contribution in [0, 0.1) is 11.8 Å². The predicted octanol–water partition coefficient (Wildman–Crippen LogP) is 2.75. The summed E-state index contributed by atoms with van der Waals surface area (Å²) in [5.74, 6) is 0.518. The molecule has 0 radical (unpaired) electrons. The van der Waals surface area contributed by atoms with Crippen molar-refractivity contribution in [1.29, 1.82) is 0 Å². The van der Waals surface area contributed by atoms with Gasteiger partial charge in [0, 0.05) is 5.02 Å². The van der Waals surface area contributed by atoms with Gasteiger partial charge in [0.1, 0.15) is 11.6 Å².